The highest BCUT2D eigenvalue weighted by molar-refractivity contribution is 7.92. The van der Waals surface area contributed by atoms with Crippen LogP contribution >= 0.6 is 0 Å². The van der Waals surface area contributed by atoms with Crippen molar-refractivity contribution in [3.8, 4) is 5.75 Å². The smallest absolute Gasteiger partial charge is 0.483 e. The number of sulfone groups is 1. The first-order valence-corrected chi connectivity index (χ1v) is 8.47. The molecule has 0 saturated carbocycles. The van der Waals surface area contributed by atoms with E-state index in [0.29, 0.717) is 18.8 Å². The fraction of sp³-hybridized carbons (Fsp3) is 0.357. The summed E-state index contributed by atoms with van der Waals surface area (Å²) in [5.74, 6) is 0.554. The molecule has 1 aliphatic rings. The van der Waals surface area contributed by atoms with Crippen molar-refractivity contribution in [1.29, 1.82) is 0 Å². The van der Waals surface area contributed by atoms with Gasteiger partial charge in [0.05, 0.1) is 36.1 Å². The summed E-state index contributed by atoms with van der Waals surface area (Å²) in [5.41, 5.74) is -5.31. The van der Waals surface area contributed by atoms with Gasteiger partial charge >= 0.3 is 5.51 Å². The summed E-state index contributed by atoms with van der Waals surface area (Å²) in [6.45, 7) is 0.582. The predicted octanol–water partition coefficient (Wildman–Crippen LogP) is 1.98. The Labute approximate surface area is 136 Å². The van der Waals surface area contributed by atoms with Crippen molar-refractivity contribution >= 4 is 15.5 Å². The molecule has 10 heteroatoms. The zero-order valence-electron chi connectivity index (χ0n) is 12.6. The summed E-state index contributed by atoms with van der Waals surface area (Å²) in [7, 11) is -3.66. The number of hydrogen-bond donors (Lipinski definition) is 0. The third-order valence-corrected chi connectivity index (χ3v) is 5.17. The van der Waals surface area contributed by atoms with Crippen LogP contribution in [0.2, 0.25) is 0 Å². The molecule has 130 valence electrons. The summed E-state index contributed by atoms with van der Waals surface area (Å²) in [4.78, 5) is 0.803. The molecule has 2 heterocycles. The molecule has 6 nitrogen and oxygen atoms in total. The number of aromatic nitrogens is 2. The average Bonchev–Trinajstić information content (AvgIpc) is 2.86. The van der Waals surface area contributed by atoms with Gasteiger partial charge in [-0.3, -0.25) is 4.68 Å². The molecule has 0 N–H and O–H groups in total. The molecule has 0 spiro atoms. The molecule has 0 radical (unpaired) electrons. The first-order valence-electron chi connectivity index (χ1n) is 6.99. The highest BCUT2D eigenvalue weighted by atomic mass is 32.2. The lowest BCUT2D eigenvalue weighted by Gasteiger charge is -2.41. The Bertz CT molecular complexity index is 842. The Balaban J connectivity index is 1.76. The molecule has 0 bridgehead atoms. The molecule has 0 aliphatic carbocycles. The van der Waals surface area contributed by atoms with Crippen LogP contribution < -0.4 is 9.64 Å². The van der Waals surface area contributed by atoms with Gasteiger partial charge in [-0.25, -0.2) is 8.42 Å². The van der Waals surface area contributed by atoms with E-state index in [0.717, 1.165) is 6.07 Å². The molecular formula is C14H14F3N3O3S. The van der Waals surface area contributed by atoms with E-state index in [1.54, 1.807) is 22.8 Å². The molecule has 0 amide bonds. The maximum Gasteiger partial charge on any atom is 0.501 e. The van der Waals surface area contributed by atoms with E-state index in [4.69, 9.17) is 4.74 Å². The van der Waals surface area contributed by atoms with E-state index in [1.807, 2.05) is 0 Å². The first-order chi connectivity index (χ1) is 11.2. The highest BCUT2D eigenvalue weighted by Crippen LogP contribution is 2.37. The summed E-state index contributed by atoms with van der Waals surface area (Å²) >= 11 is 0. The predicted molar refractivity (Wildman–Crippen MR) is 79.5 cm³/mol. The SMILES string of the molecule is Cn1cc(OC2CN(c3ccccc3S(=O)(=O)C(F)(F)F)C2)cn1. The lowest BCUT2D eigenvalue weighted by atomic mass is 10.1. The van der Waals surface area contributed by atoms with Gasteiger partial charge in [-0.1, -0.05) is 12.1 Å². The van der Waals surface area contributed by atoms with Crippen LogP contribution in [0.25, 0.3) is 0 Å². The van der Waals surface area contributed by atoms with Crippen LogP contribution in [0, 0.1) is 0 Å². The monoisotopic (exact) mass is 361 g/mol. The third kappa shape index (κ3) is 2.93. The zero-order valence-corrected chi connectivity index (χ0v) is 13.4. The van der Waals surface area contributed by atoms with Crippen molar-refractivity contribution in [2.24, 2.45) is 7.05 Å². The van der Waals surface area contributed by atoms with Crippen molar-refractivity contribution in [3.05, 3.63) is 36.7 Å². The summed E-state index contributed by atoms with van der Waals surface area (Å²) in [6.07, 6.45) is 2.96. The zero-order chi connectivity index (χ0) is 17.5. The van der Waals surface area contributed by atoms with Gasteiger partial charge in [0.2, 0.25) is 0 Å². The number of aryl methyl sites for hydroxylation is 1. The minimum absolute atomic E-state index is 0.0286. The van der Waals surface area contributed by atoms with E-state index in [2.05, 4.69) is 5.10 Å². The fourth-order valence-electron chi connectivity index (χ4n) is 2.43. The maximum atomic E-state index is 12.8. The molecule has 1 aliphatic heterocycles. The van der Waals surface area contributed by atoms with Crippen LogP contribution in [0.4, 0.5) is 18.9 Å². The van der Waals surface area contributed by atoms with Gasteiger partial charge in [-0.05, 0) is 12.1 Å². The number of ether oxygens (including phenoxy) is 1. The van der Waals surface area contributed by atoms with Crippen LogP contribution in [0.5, 0.6) is 5.75 Å². The summed E-state index contributed by atoms with van der Waals surface area (Å²) < 4.78 is 69.0. The Morgan fingerprint density at radius 1 is 1.25 bits per heavy atom. The topological polar surface area (TPSA) is 64.4 Å². The normalized spacial score (nSPS) is 16.1. The minimum Gasteiger partial charge on any atom is -0.483 e. The van der Waals surface area contributed by atoms with E-state index >= 15 is 0 Å². The van der Waals surface area contributed by atoms with Crippen molar-refractivity contribution in [3.63, 3.8) is 0 Å². The van der Waals surface area contributed by atoms with Crippen LogP contribution in [-0.4, -0.2) is 42.9 Å². The maximum absolute atomic E-state index is 12.8. The lowest BCUT2D eigenvalue weighted by Crippen LogP contribution is -2.54. The highest BCUT2D eigenvalue weighted by Gasteiger charge is 2.48. The average molecular weight is 361 g/mol. The van der Waals surface area contributed by atoms with E-state index < -0.39 is 20.2 Å². The molecule has 0 unspecified atom stereocenters. The summed E-state index contributed by atoms with van der Waals surface area (Å²) in [5, 5.41) is 3.95. The van der Waals surface area contributed by atoms with Crippen molar-refractivity contribution < 1.29 is 26.3 Å². The van der Waals surface area contributed by atoms with Gasteiger partial charge in [0.1, 0.15) is 6.10 Å². The van der Waals surface area contributed by atoms with Crippen molar-refractivity contribution in [2.75, 3.05) is 18.0 Å². The van der Waals surface area contributed by atoms with Crippen LogP contribution in [0.15, 0.2) is 41.6 Å². The van der Waals surface area contributed by atoms with Gasteiger partial charge in [-0.15, -0.1) is 0 Å². The lowest BCUT2D eigenvalue weighted by molar-refractivity contribution is -0.0435. The molecule has 24 heavy (non-hydrogen) atoms. The van der Waals surface area contributed by atoms with E-state index in [1.165, 1.54) is 24.4 Å². The fourth-order valence-corrected chi connectivity index (χ4v) is 3.41. The van der Waals surface area contributed by atoms with E-state index in [9.17, 15) is 21.6 Å². The number of rotatable bonds is 4. The Hall–Kier alpha value is -2.23. The van der Waals surface area contributed by atoms with Crippen molar-refractivity contribution in [2.45, 2.75) is 16.5 Å². The molecule has 1 aromatic carbocycles. The second-order valence-electron chi connectivity index (χ2n) is 5.41. The second-order valence-corrected chi connectivity index (χ2v) is 7.32. The third-order valence-electron chi connectivity index (χ3n) is 3.63. The Morgan fingerprint density at radius 2 is 1.92 bits per heavy atom. The molecule has 1 fully saturated rings. The van der Waals surface area contributed by atoms with Gasteiger partial charge < -0.3 is 9.64 Å². The molecule has 2 aromatic rings. The molecule has 0 atom stereocenters. The largest absolute Gasteiger partial charge is 0.501 e. The number of para-hydroxylation sites is 1. The van der Waals surface area contributed by atoms with Crippen LogP contribution in [-0.2, 0) is 16.9 Å². The summed E-state index contributed by atoms with van der Waals surface area (Å²) in [6, 6.07) is 5.10. The molecule has 3 rings (SSSR count). The number of nitrogens with zero attached hydrogens (tertiary/aromatic N) is 3. The van der Waals surface area contributed by atoms with Gasteiger partial charge in [0.25, 0.3) is 9.84 Å². The van der Waals surface area contributed by atoms with Crippen LogP contribution in [0.1, 0.15) is 0 Å². The van der Waals surface area contributed by atoms with E-state index in [-0.39, 0.29) is 11.8 Å². The number of halogens is 3. The number of anilines is 1. The standard InChI is InChI=1S/C14H14F3N3O3S/c1-19-7-10(6-18-19)23-11-8-20(9-11)12-4-2-3-5-13(12)24(21,22)14(15,16)17/h2-7,11H,8-9H2,1H3. The Kier molecular flexibility index (Phi) is 3.94. The van der Waals surface area contributed by atoms with Gasteiger partial charge in [0, 0.05) is 7.05 Å². The van der Waals surface area contributed by atoms with Crippen molar-refractivity contribution in [1.82, 2.24) is 9.78 Å². The van der Waals surface area contributed by atoms with Gasteiger partial charge in [-0.2, -0.15) is 18.3 Å². The number of hydrogen-bond acceptors (Lipinski definition) is 5. The molecule has 1 aromatic heterocycles. The minimum atomic E-state index is -5.40. The second kappa shape index (κ2) is 5.69. The first kappa shape index (κ1) is 16.6. The number of alkyl halides is 3. The number of benzene rings is 1. The quantitative estimate of drug-likeness (QED) is 0.833. The van der Waals surface area contributed by atoms with Gasteiger partial charge in [0.15, 0.2) is 5.75 Å². The molecule has 1 saturated heterocycles. The van der Waals surface area contributed by atoms with Crippen LogP contribution in [0.3, 0.4) is 0 Å². The molecular weight excluding hydrogens is 347 g/mol. The Morgan fingerprint density at radius 3 is 2.50 bits per heavy atom.